The summed E-state index contributed by atoms with van der Waals surface area (Å²) in [6.07, 6.45) is 0. The summed E-state index contributed by atoms with van der Waals surface area (Å²) in [6, 6.07) is 8.48. The maximum Gasteiger partial charge on any atom is 1.00 e. The predicted octanol–water partition coefficient (Wildman–Crippen LogP) is 0.358. The molecule has 0 saturated heterocycles. The van der Waals surface area contributed by atoms with Crippen molar-refractivity contribution in [2.75, 3.05) is 0 Å². The minimum Gasteiger partial charge on any atom is -0.872 e. The molecule has 0 aliphatic rings. The number of phenolic OH excluding ortho intramolecular Hbond substituents is 1. The molecule has 0 bridgehead atoms. The molecular formula is C14H14NaO5PS. The van der Waals surface area contributed by atoms with E-state index in [4.69, 9.17) is 4.52 Å². The average Bonchev–Trinajstić information content (AvgIpc) is 2.36. The topological polar surface area (TPSA) is 89.8 Å². The van der Waals surface area contributed by atoms with E-state index in [2.05, 4.69) is 0 Å². The summed E-state index contributed by atoms with van der Waals surface area (Å²) in [6.45, 7) is -0.634. The van der Waals surface area contributed by atoms with Gasteiger partial charge in [-0.2, -0.15) is 0 Å². The van der Waals surface area contributed by atoms with E-state index in [0.29, 0.717) is 27.4 Å². The van der Waals surface area contributed by atoms with Crippen LogP contribution in [0.25, 0.3) is 0 Å². The maximum absolute atomic E-state index is 12.2. The van der Waals surface area contributed by atoms with Crippen LogP contribution in [-0.4, -0.2) is 10.00 Å². The molecule has 8 heteroatoms. The van der Waals surface area contributed by atoms with Crippen molar-refractivity contribution < 1.29 is 53.8 Å². The standard InChI is InChI=1S/C14H15O5PS.Na/c1-9-7-11(15)3-5-13(9)19-20(17,18)21-14-6-4-12(16)8-10(14)2;/h3-8,15-16H,1-2H3,(H,17,18);/q;+1/p-1. The van der Waals surface area contributed by atoms with Gasteiger partial charge in [0.05, 0.1) is 0 Å². The SMILES string of the molecule is Cc1cc([O-])ccc1OP(=O)(O)Sc1ccc(O)cc1C.[Na+]. The normalized spacial score (nSPS) is 13.0. The van der Waals surface area contributed by atoms with E-state index in [1.54, 1.807) is 19.9 Å². The Kier molecular flexibility index (Phi) is 6.86. The number of phenols is 1. The molecule has 0 fully saturated rings. The second-order valence-corrected chi connectivity index (χ2v) is 8.20. The molecule has 2 aromatic carbocycles. The maximum atomic E-state index is 12.2. The minimum atomic E-state index is -3.99. The molecule has 0 aliphatic heterocycles. The van der Waals surface area contributed by atoms with Crippen LogP contribution in [0.2, 0.25) is 0 Å². The van der Waals surface area contributed by atoms with Crippen LogP contribution < -0.4 is 39.2 Å². The van der Waals surface area contributed by atoms with E-state index in [-0.39, 0.29) is 46.8 Å². The Morgan fingerprint density at radius 3 is 2.41 bits per heavy atom. The van der Waals surface area contributed by atoms with Crippen LogP contribution in [0.3, 0.4) is 0 Å². The van der Waals surface area contributed by atoms with Crippen molar-refractivity contribution in [2.24, 2.45) is 0 Å². The van der Waals surface area contributed by atoms with Crippen molar-refractivity contribution in [1.82, 2.24) is 0 Å². The van der Waals surface area contributed by atoms with Gasteiger partial charge >= 0.3 is 36.4 Å². The molecule has 0 amide bonds. The summed E-state index contributed by atoms with van der Waals surface area (Å²) in [7, 11) is 0. The Morgan fingerprint density at radius 2 is 1.82 bits per heavy atom. The van der Waals surface area contributed by atoms with Crippen LogP contribution in [0.1, 0.15) is 11.1 Å². The Morgan fingerprint density at radius 1 is 1.14 bits per heavy atom. The fourth-order valence-corrected chi connectivity index (χ4v) is 4.51. The van der Waals surface area contributed by atoms with Crippen LogP contribution >= 0.6 is 18.2 Å². The molecule has 2 aromatic rings. The first-order chi connectivity index (χ1) is 9.77. The molecule has 5 nitrogen and oxygen atoms in total. The molecule has 2 N–H and O–H groups in total. The van der Waals surface area contributed by atoms with Gasteiger partial charge in [0.2, 0.25) is 0 Å². The minimum absolute atomic E-state index is 0. The molecule has 0 radical (unpaired) electrons. The first kappa shape index (κ1) is 19.4. The summed E-state index contributed by atoms with van der Waals surface area (Å²) >= 11 is 0.689. The van der Waals surface area contributed by atoms with Crippen molar-refractivity contribution in [2.45, 2.75) is 18.7 Å². The number of aryl methyl sites for hydroxylation is 2. The summed E-state index contributed by atoms with van der Waals surface area (Å²) in [5.41, 5.74) is 1.17. The average molecular weight is 348 g/mol. The smallest absolute Gasteiger partial charge is 0.872 e. The Hall–Kier alpha value is -0.620. The van der Waals surface area contributed by atoms with E-state index >= 15 is 0 Å². The molecule has 0 heterocycles. The first-order valence-electron chi connectivity index (χ1n) is 6.06. The number of benzene rings is 2. The fourth-order valence-electron chi connectivity index (χ4n) is 1.73. The molecule has 2 rings (SSSR count). The van der Waals surface area contributed by atoms with Gasteiger partial charge in [-0.3, -0.25) is 0 Å². The largest absolute Gasteiger partial charge is 1.00 e. The van der Waals surface area contributed by atoms with Crippen molar-refractivity contribution >= 4 is 18.2 Å². The van der Waals surface area contributed by atoms with Gasteiger partial charge < -0.3 is 19.6 Å². The van der Waals surface area contributed by atoms with Crippen LogP contribution in [0.15, 0.2) is 41.3 Å². The van der Waals surface area contributed by atoms with Gasteiger partial charge in [-0.15, -0.1) is 5.75 Å². The summed E-state index contributed by atoms with van der Waals surface area (Å²) < 4.78 is 17.3. The van der Waals surface area contributed by atoms with Crippen molar-refractivity contribution in [3.8, 4) is 17.2 Å². The quantitative estimate of drug-likeness (QED) is 0.613. The van der Waals surface area contributed by atoms with Crippen LogP contribution in [-0.2, 0) is 4.57 Å². The zero-order valence-corrected chi connectivity index (χ0v) is 16.1. The van der Waals surface area contributed by atoms with Crippen molar-refractivity contribution in [3.63, 3.8) is 0 Å². The summed E-state index contributed by atoms with van der Waals surface area (Å²) in [5, 5.41) is 20.5. The third-order valence-corrected chi connectivity index (χ3v) is 5.55. The molecule has 112 valence electrons. The van der Waals surface area contributed by atoms with E-state index in [0.717, 1.165) is 0 Å². The van der Waals surface area contributed by atoms with Gasteiger partial charge in [-0.05, 0) is 49.2 Å². The number of hydrogen-bond acceptors (Lipinski definition) is 5. The van der Waals surface area contributed by atoms with Crippen LogP contribution in [0.5, 0.6) is 17.2 Å². The predicted molar refractivity (Wildman–Crippen MR) is 79.8 cm³/mol. The van der Waals surface area contributed by atoms with Gasteiger partial charge in [0.15, 0.2) is 0 Å². The Balaban J connectivity index is 0.00000242. The van der Waals surface area contributed by atoms with Gasteiger partial charge in [0.1, 0.15) is 11.5 Å². The molecule has 0 aliphatic carbocycles. The zero-order valence-electron chi connectivity index (χ0n) is 12.4. The van der Waals surface area contributed by atoms with Gasteiger partial charge in [0, 0.05) is 16.3 Å². The second-order valence-electron chi connectivity index (χ2n) is 4.53. The number of hydrogen-bond donors (Lipinski definition) is 2. The molecule has 0 saturated carbocycles. The Labute approximate surface area is 154 Å². The summed E-state index contributed by atoms with van der Waals surface area (Å²) in [4.78, 5) is 10.5. The monoisotopic (exact) mass is 348 g/mol. The van der Waals surface area contributed by atoms with E-state index in [1.165, 1.54) is 30.3 Å². The summed E-state index contributed by atoms with van der Waals surface area (Å²) in [5.74, 6) is 0.103. The van der Waals surface area contributed by atoms with Crippen molar-refractivity contribution in [3.05, 3.63) is 47.5 Å². The van der Waals surface area contributed by atoms with Crippen LogP contribution in [0, 0.1) is 13.8 Å². The first-order valence-corrected chi connectivity index (χ1v) is 9.06. The van der Waals surface area contributed by atoms with Gasteiger partial charge in [0.25, 0.3) is 0 Å². The van der Waals surface area contributed by atoms with E-state index in [9.17, 15) is 19.7 Å². The number of aromatic hydroxyl groups is 1. The molecule has 1 unspecified atom stereocenters. The second kappa shape index (κ2) is 7.77. The van der Waals surface area contributed by atoms with Crippen molar-refractivity contribution in [1.29, 1.82) is 0 Å². The molecule has 0 aromatic heterocycles. The molecule has 0 spiro atoms. The Bertz CT molecular complexity index is 665. The molecule has 1 atom stereocenters. The zero-order chi connectivity index (χ0) is 15.6. The van der Waals surface area contributed by atoms with E-state index in [1.807, 2.05) is 0 Å². The molecule has 22 heavy (non-hydrogen) atoms. The van der Waals surface area contributed by atoms with Gasteiger partial charge in [-0.25, -0.2) is 4.57 Å². The fraction of sp³-hybridized carbons (Fsp3) is 0.143. The van der Waals surface area contributed by atoms with Gasteiger partial charge in [-0.1, -0.05) is 12.1 Å². The third kappa shape index (κ3) is 5.23. The third-order valence-electron chi connectivity index (χ3n) is 2.73. The van der Waals surface area contributed by atoms with Crippen LogP contribution in [0.4, 0.5) is 0 Å². The number of rotatable bonds is 4. The van der Waals surface area contributed by atoms with E-state index < -0.39 is 6.80 Å². The molecular weight excluding hydrogens is 334 g/mol.